The average Bonchev–Trinajstić information content (AvgIpc) is 3.29. The van der Waals surface area contributed by atoms with Gasteiger partial charge >= 0.3 is 0 Å². The van der Waals surface area contributed by atoms with Crippen molar-refractivity contribution in [2.75, 3.05) is 24.5 Å². The van der Waals surface area contributed by atoms with E-state index < -0.39 is 0 Å². The van der Waals surface area contributed by atoms with E-state index in [0.29, 0.717) is 31.6 Å². The summed E-state index contributed by atoms with van der Waals surface area (Å²) in [6.45, 7) is 1.88. The van der Waals surface area contributed by atoms with Crippen LogP contribution in [0.25, 0.3) is 0 Å². The molecule has 1 unspecified atom stereocenters. The summed E-state index contributed by atoms with van der Waals surface area (Å²) >= 11 is 1.57. The molecule has 4 rings (SSSR count). The Morgan fingerprint density at radius 2 is 1.96 bits per heavy atom. The van der Waals surface area contributed by atoms with Gasteiger partial charge in [-0.3, -0.25) is 9.59 Å². The quantitative estimate of drug-likeness (QED) is 0.840. The average molecular weight is 344 g/mol. The summed E-state index contributed by atoms with van der Waals surface area (Å²) in [5.74, 6) is -0.310. The van der Waals surface area contributed by atoms with Crippen LogP contribution in [0.1, 0.15) is 23.2 Å². The lowest BCUT2D eigenvalue weighted by molar-refractivity contribution is -0.117. The summed E-state index contributed by atoms with van der Waals surface area (Å²) in [7, 11) is 0. The first-order chi connectivity index (χ1) is 11.6. The molecule has 0 N–H and O–H groups in total. The number of likely N-dealkylation sites (tertiary alicyclic amines) is 1. The maximum atomic E-state index is 13.0. The molecule has 2 fully saturated rings. The smallest absolute Gasteiger partial charge is 0.253 e. The second-order valence-electron chi connectivity index (χ2n) is 6.62. The molecular formula is C18H17FN2O2S. The molecule has 2 aliphatic rings. The van der Waals surface area contributed by atoms with Crippen molar-refractivity contribution < 1.29 is 14.0 Å². The number of rotatable bonds is 2. The first-order valence-corrected chi connectivity index (χ1v) is 8.88. The number of nitrogens with zero attached hydrogens (tertiary/aromatic N) is 2. The van der Waals surface area contributed by atoms with Crippen LogP contribution < -0.4 is 4.90 Å². The van der Waals surface area contributed by atoms with Crippen molar-refractivity contribution in [1.29, 1.82) is 0 Å². The highest BCUT2D eigenvalue weighted by Gasteiger charge is 2.48. The van der Waals surface area contributed by atoms with Crippen molar-refractivity contribution in [1.82, 2.24) is 4.90 Å². The van der Waals surface area contributed by atoms with Crippen molar-refractivity contribution in [3.8, 4) is 0 Å². The fourth-order valence-corrected chi connectivity index (χ4v) is 4.34. The zero-order valence-electron chi connectivity index (χ0n) is 13.1. The molecule has 2 aromatic rings. The maximum absolute atomic E-state index is 13.0. The van der Waals surface area contributed by atoms with Crippen molar-refractivity contribution in [2.24, 2.45) is 5.41 Å². The van der Waals surface area contributed by atoms with Crippen LogP contribution in [0.3, 0.4) is 0 Å². The zero-order chi connectivity index (χ0) is 16.7. The molecule has 4 nitrogen and oxygen atoms in total. The molecule has 1 aromatic heterocycles. The highest BCUT2D eigenvalue weighted by molar-refractivity contribution is 7.08. The minimum atomic E-state index is -0.350. The van der Waals surface area contributed by atoms with Crippen LogP contribution in [0, 0.1) is 11.2 Å². The number of hydrogen-bond donors (Lipinski definition) is 0. The van der Waals surface area contributed by atoms with Gasteiger partial charge in [-0.05, 0) is 42.1 Å². The molecule has 3 heterocycles. The minimum Gasteiger partial charge on any atom is -0.338 e. The normalized spacial score (nSPS) is 23.5. The molecule has 0 aliphatic carbocycles. The van der Waals surface area contributed by atoms with Crippen molar-refractivity contribution in [2.45, 2.75) is 12.8 Å². The number of carbonyl (C=O) groups is 2. The highest BCUT2D eigenvalue weighted by atomic mass is 32.1. The van der Waals surface area contributed by atoms with Crippen molar-refractivity contribution in [3.63, 3.8) is 0 Å². The molecule has 1 aromatic carbocycles. The summed E-state index contributed by atoms with van der Waals surface area (Å²) in [4.78, 5) is 28.6. The van der Waals surface area contributed by atoms with Crippen molar-refractivity contribution in [3.05, 3.63) is 52.5 Å². The molecule has 2 aliphatic heterocycles. The molecule has 1 spiro atoms. The summed E-state index contributed by atoms with van der Waals surface area (Å²) in [6.07, 6.45) is 1.31. The minimum absolute atomic E-state index is 0.0895. The second-order valence-corrected chi connectivity index (χ2v) is 7.40. The number of amides is 2. The van der Waals surface area contributed by atoms with Crippen LogP contribution in [0.4, 0.5) is 10.1 Å². The largest absolute Gasteiger partial charge is 0.338 e. The summed E-state index contributed by atoms with van der Waals surface area (Å²) in [5.41, 5.74) is 1.28. The lowest BCUT2D eigenvalue weighted by Crippen LogP contribution is -2.34. The van der Waals surface area contributed by atoms with Gasteiger partial charge in [0.2, 0.25) is 5.91 Å². The van der Waals surface area contributed by atoms with E-state index in [1.807, 2.05) is 21.7 Å². The lowest BCUT2D eigenvalue weighted by Gasteiger charge is -2.24. The van der Waals surface area contributed by atoms with E-state index in [1.54, 1.807) is 16.2 Å². The summed E-state index contributed by atoms with van der Waals surface area (Å²) in [6, 6.07) is 7.59. The molecule has 0 saturated carbocycles. The predicted octanol–water partition coefficient (Wildman–Crippen LogP) is 3.16. The van der Waals surface area contributed by atoms with Crippen LogP contribution in [-0.4, -0.2) is 36.3 Å². The zero-order valence-corrected chi connectivity index (χ0v) is 13.9. The van der Waals surface area contributed by atoms with E-state index in [-0.39, 0.29) is 23.0 Å². The molecule has 6 heteroatoms. The Labute approximate surface area is 143 Å². The second kappa shape index (κ2) is 5.70. The van der Waals surface area contributed by atoms with Gasteiger partial charge in [0.25, 0.3) is 5.91 Å². The third-order valence-electron chi connectivity index (χ3n) is 4.96. The standard InChI is InChI=1S/C18H17FN2O2S/c19-14-3-1-13(2-4-14)17(23)20-7-6-18(11-20)9-16(22)21(12-18)15-5-8-24-10-15/h1-5,8,10H,6-7,9,11-12H2. The Kier molecular flexibility index (Phi) is 3.64. The number of benzene rings is 1. The Bertz CT molecular complexity index is 775. The summed E-state index contributed by atoms with van der Waals surface area (Å²) in [5, 5.41) is 3.94. The third kappa shape index (κ3) is 2.60. The SMILES string of the molecule is O=C(c1ccc(F)cc1)N1CCC2(CC(=O)N(c3ccsc3)C2)C1. The molecule has 1 atom stereocenters. The molecule has 24 heavy (non-hydrogen) atoms. The predicted molar refractivity (Wildman–Crippen MR) is 90.6 cm³/mol. The molecule has 2 saturated heterocycles. The molecular weight excluding hydrogens is 327 g/mol. The first kappa shape index (κ1) is 15.3. The van der Waals surface area contributed by atoms with E-state index >= 15 is 0 Å². The number of hydrogen-bond acceptors (Lipinski definition) is 3. The van der Waals surface area contributed by atoms with Gasteiger partial charge in [-0.1, -0.05) is 0 Å². The van der Waals surface area contributed by atoms with E-state index in [1.165, 1.54) is 24.3 Å². The van der Waals surface area contributed by atoms with E-state index in [9.17, 15) is 14.0 Å². The molecule has 0 radical (unpaired) electrons. The monoisotopic (exact) mass is 344 g/mol. The lowest BCUT2D eigenvalue weighted by atomic mass is 9.86. The molecule has 0 bridgehead atoms. The Hall–Kier alpha value is -2.21. The first-order valence-electron chi connectivity index (χ1n) is 7.94. The van der Waals surface area contributed by atoms with Crippen LogP contribution in [0.2, 0.25) is 0 Å². The Morgan fingerprint density at radius 3 is 2.67 bits per heavy atom. The van der Waals surface area contributed by atoms with Gasteiger partial charge in [-0.25, -0.2) is 4.39 Å². The van der Waals surface area contributed by atoms with Gasteiger partial charge < -0.3 is 9.80 Å². The van der Waals surface area contributed by atoms with Crippen LogP contribution in [-0.2, 0) is 4.79 Å². The molecule has 124 valence electrons. The van der Waals surface area contributed by atoms with Gasteiger partial charge in [-0.2, -0.15) is 11.3 Å². The fourth-order valence-electron chi connectivity index (χ4n) is 3.70. The van der Waals surface area contributed by atoms with E-state index in [0.717, 1.165) is 12.1 Å². The van der Waals surface area contributed by atoms with Crippen molar-refractivity contribution >= 4 is 28.8 Å². The van der Waals surface area contributed by atoms with Gasteiger partial charge in [0.15, 0.2) is 0 Å². The van der Waals surface area contributed by atoms with Crippen LogP contribution >= 0.6 is 11.3 Å². The maximum Gasteiger partial charge on any atom is 0.253 e. The number of carbonyl (C=O) groups excluding carboxylic acids is 2. The van der Waals surface area contributed by atoms with Crippen LogP contribution in [0.15, 0.2) is 41.1 Å². The Morgan fingerprint density at radius 1 is 1.17 bits per heavy atom. The van der Waals surface area contributed by atoms with Gasteiger partial charge in [0.1, 0.15) is 5.82 Å². The Balaban J connectivity index is 1.49. The van der Waals surface area contributed by atoms with E-state index in [4.69, 9.17) is 0 Å². The fraction of sp³-hybridized carbons (Fsp3) is 0.333. The third-order valence-corrected chi connectivity index (χ3v) is 5.63. The highest BCUT2D eigenvalue weighted by Crippen LogP contribution is 2.42. The van der Waals surface area contributed by atoms with E-state index in [2.05, 4.69) is 0 Å². The van der Waals surface area contributed by atoms with Gasteiger partial charge in [0.05, 0.1) is 5.69 Å². The topological polar surface area (TPSA) is 40.6 Å². The van der Waals surface area contributed by atoms with Gasteiger partial charge in [-0.15, -0.1) is 0 Å². The number of thiophene rings is 1. The van der Waals surface area contributed by atoms with Gasteiger partial charge in [0, 0.05) is 42.4 Å². The molecule has 2 amide bonds. The summed E-state index contributed by atoms with van der Waals surface area (Å²) < 4.78 is 13.0. The number of anilines is 1. The number of halogens is 1. The van der Waals surface area contributed by atoms with Crippen LogP contribution in [0.5, 0.6) is 0 Å².